The van der Waals surface area contributed by atoms with Gasteiger partial charge in [-0.15, -0.1) is 0 Å². The Hall–Kier alpha value is -2.16. The molecule has 0 saturated heterocycles. The maximum absolute atomic E-state index is 9.61. The molecule has 0 atom stereocenters. The summed E-state index contributed by atoms with van der Waals surface area (Å²) in [4.78, 5) is 0. The van der Waals surface area contributed by atoms with Crippen molar-refractivity contribution in [2.24, 2.45) is 0 Å². The van der Waals surface area contributed by atoms with Crippen LogP contribution in [0.4, 0.5) is 0 Å². The predicted molar refractivity (Wildman–Crippen MR) is 61.2 cm³/mol. The van der Waals surface area contributed by atoms with E-state index in [0.717, 1.165) is 0 Å². The average Bonchev–Trinajstić information content (AvgIpc) is 2.33. The minimum atomic E-state index is 0.0876. The minimum Gasteiger partial charge on any atom is -0.504 e. The molecule has 0 bridgehead atoms. The topological polar surface area (TPSA) is 38.7 Å². The third-order valence-electron chi connectivity index (χ3n) is 2.14. The molecule has 0 spiro atoms. The molecule has 0 aliphatic heterocycles. The molecule has 16 heavy (non-hydrogen) atoms. The summed E-state index contributed by atoms with van der Waals surface area (Å²) in [7, 11) is 1.57. The second-order valence-electron chi connectivity index (χ2n) is 3.25. The van der Waals surface area contributed by atoms with Crippen LogP contribution in [-0.4, -0.2) is 12.2 Å². The average molecular weight is 216 g/mol. The van der Waals surface area contributed by atoms with Crippen molar-refractivity contribution in [3.8, 4) is 23.0 Å². The third-order valence-corrected chi connectivity index (χ3v) is 2.14. The summed E-state index contributed by atoms with van der Waals surface area (Å²) < 4.78 is 10.6. The van der Waals surface area contributed by atoms with Gasteiger partial charge in [-0.05, 0) is 24.3 Å². The molecule has 2 rings (SSSR count). The van der Waals surface area contributed by atoms with E-state index in [4.69, 9.17) is 9.47 Å². The molecule has 0 unspecified atom stereocenters. The highest BCUT2D eigenvalue weighted by atomic mass is 16.5. The summed E-state index contributed by atoms with van der Waals surface area (Å²) in [5.74, 6) is 1.78. The van der Waals surface area contributed by atoms with Gasteiger partial charge in [0.25, 0.3) is 0 Å². The first-order valence-corrected chi connectivity index (χ1v) is 4.89. The van der Waals surface area contributed by atoms with Gasteiger partial charge in [0.05, 0.1) is 7.11 Å². The van der Waals surface area contributed by atoms with Crippen molar-refractivity contribution in [3.05, 3.63) is 48.5 Å². The number of para-hydroxylation sites is 1. The summed E-state index contributed by atoms with van der Waals surface area (Å²) in [6.07, 6.45) is 0. The maximum Gasteiger partial charge on any atom is 0.172 e. The number of benzene rings is 2. The monoisotopic (exact) mass is 216 g/mol. The molecule has 1 N–H and O–H groups in total. The highest BCUT2D eigenvalue weighted by molar-refractivity contribution is 5.46. The third kappa shape index (κ3) is 2.25. The number of rotatable bonds is 3. The highest BCUT2D eigenvalue weighted by Crippen LogP contribution is 2.33. The molecule has 0 radical (unpaired) electrons. The second-order valence-corrected chi connectivity index (χ2v) is 3.25. The lowest BCUT2D eigenvalue weighted by molar-refractivity contribution is 0.391. The van der Waals surface area contributed by atoms with Gasteiger partial charge < -0.3 is 14.6 Å². The molecule has 0 aliphatic carbocycles. The van der Waals surface area contributed by atoms with Gasteiger partial charge >= 0.3 is 0 Å². The number of hydrogen-bond acceptors (Lipinski definition) is 3. The lowest BCUT2D eigenvalue weighted by atomic mass is 10.3. The van der Waals surface area contributed by atoms with Gasteiger partial charge in [0.2, 0.25) is 0 Å². The van der Waals surface area contributed by atoms with E-state index >= 15 is 0 Å². The zero-order valence-corrected chi connectivity index (χ0v) is 8.88. The minimum absolute atomic E-state index is 0.0876. The van der Waals surface area contributed by atoms with Crippen molar-refractivity contribution in [2.45, 2.75) is 0 Å². The zero-order chi connectivity index (χ0) is 11.4. The number of aromatic hydroxyl groups is 1. The number of ether oxygens (including phenoxy) is 2. The van der Waals surface area contributed by atoms with Gasteiger partial charge in [-0.2, -0.15) is 0 Å². The van der Waals surface area contributed by atoms with Crippen LogP contribution in [0, 0.1) is 0 Å². The smallest absolute Gasteiger partial charge is 0.172 e. The summed E-state index contributed by atoms with van der Waals surface area (Å²) >= 11 is 0. The molecule has 0 heterocycles. The predicted octanol–water partition coefficient (Wildman–Crippen LogP) is 3.19. The van der Waals surface area contributed by atoms with Crippen LogP contribution in [0.1, 0.15) is 0 Å². The van der Waals surface area contributed by atoms with Crippen molar-refractivity contribution in [1.82, 2.24) is 0 Å². The molecule has 0 aliphatic rings. The quantitative estimate of drug-likeness (QED) is 0.856. The van der Waals surface area contributed by atoms with E-state index in [1.165, 1.54) is 6.07 Å². The summed E-state index contributed by atoms with van der Waals surface area (Å²) in [5.41, 5.74) is 0. The Kier molecular flexibility index (Phi) is 2.96. The van der Waals surface area contributed by atoms with Crippen molar-refractivity contribution in [1.29, 1.82) is 0 Å². The number of methoxy groups -OCH3 is 1. The Morgan fingerprint density at radius 2 is 1.69 bits per heavy atom. The molecule has 0 aromatic heterocycles. The maximum atomic E-state index is 9.61. The van der Waals surface area contributed by atoms with Gasteiger partial charge in [0.15, 0.2) is 11.5 Å². The fraction of sp³-hybridized carbons (Fsp3) is 0.0769. The van der Waals surface area contributed by atoms with E-state index in [2.05, 4.69) is 0 Å². The highest BCUT2D eigenvalue weighted by Gasteiger charge is 2.05. The molecule has 0 saturated carbocycles. The Morgan fingerprint density at radius 1 is 0.938 bits per heavy atom. The lowest BCUT2D eigenvalue weighted by Crippen LogP contribution is -1.87. The van der Waals surface area contributed by atoms with Crippen LogP contribution in [0.25, 0.3) is 0 Å². The zero-order valence-electron chi connectivity index (χ0n) is 8.88. The fourth-order valence-electron chi connectivity index (χ4n) is 1.32. The normalized spacial score (nSPS) is 9.81. The number of hydrogen-bond donors (Lipinski definition) is 1. The van der Waals surface area contributed by atoms with Gasteiger partial charge in [-0.1, -0.05) is 18.2 Å². The van der Waals surface area contributed by atoms with E-state index in [1.807, 2.05) is 30.3 Å². The van der Waals surface area contributed by atoms with Crippen molar-refractivity contribution in [2.75, 3.05) is 7.11 Å². The first-order valence-electron chi connectivity index (χ1n) is 4.89. The van der Waals surface area contributed by atoms with E-state index in [9.17, 15) is 5.11 Å². The van der Waals surface area contributed by atoms with Crippen LogP contribution in [0.5, 0.6) is 23.0 Å². The number of phenolic OH excluding ortho intramolecular Hbond substituents is 1. The molecule has 0 amide bonds. The molecular weight excluding hydrogens is 204 g/mol. The first kappa shape index (κ1) is 10.4. The van der Waals surface area contributed by atoms with E-state index < -0.39 is 0 Å². The van der Waals surface area contributed by atoms with Gasteiger partial charge in [-0.3, -0.25) is 0 Å². The van der Waals surface area contributed by atoms with Gasteiger partial charge in [-0.25, -0.2) is 0 Å². The molecule has 3 heteroatoms. The van der Waals surface area contributed by atoms with Crippen molar-refractivity contribution < 1.29 is 14.6 Å². The van der Waals surface area contributed by atoms with Gasteiger partial charge in [0, 0.05) is 6.07 Å². The largest absolute Gasteiger partial charge is 0.504 e. The Labute approximate surface area is 93.9 Å². The Balaban J connectivity index is 2.27. The number of phenols is 1. The van der Waals surface area contributed by atoms with Crippen LogP contribution in [0.15, 0.2) is 48.5 Å². The van der Waals surface area contributed by atoms with Crippen LogP contribution < -0.4 is 9.47 Å². The van der Waals surface area contributed by atoms with E-state index in [0.29, 0.717) is 17.2 Å². The first-order chi connectivity index (χ1) is 7.79. The van der Waals surface area contributed by atoms with Crippen LogP contribution in [0.3, 0.4) is 0 Å². The molecule has 0 fully saturated rings. The molecule has 2 aromatic carbocycles. The fourth-order valence-corrected chi connectivity index (χ4v) is 1.32. The summed E-state index contributed by atoms with van der Waals surface area (Å²) in [6.45, 7) is 0. The second kappa shape index (κ2) is 4.57. The Bertz CT molecular complexity index is 466. The van der Waals surface area contributed by atoms with Crippen LogP contribution >= 0.6 is 0 Å². The summed E-state index contributed by atoms with van der Waals surface area (Å²) in [6, 6.07) is 14.1. The van der Waals surface area contributed by atoms with E-state index in [-0.39, 0.29) is 5.75 Å². The molecule has 3 nitrogen and oxygen atoms in total. The molecular formula is C13H12O3. The van der Waals surface area contributed by atoms with Crippen molar-refractivity contribution >= 4 is 0 Å². The van der Waals surface area contributed by atoms with E-state index in [1.54, 1.807) is 19.2 Å². The lowest BCUT2D eigenvalue weighted by Gasteiger charge is -2.08. The molecule has 2 aromatic rings. The van der Waals surface area contributed by atoms with Crippen LogP contribution in [0.2, 0.25) is 0 Å². The van der Waals surface area contributed by atoms with Crippen LogP contribution in [-0.2, 0) is 0 Å². The van der Waals surface area contributed by atoms with Gasteiger partial charge in [0.1, 0.15) is 11.5 Å². The molecule has 82 valence electrons. The Morgan fingerprint density at radius 3 is 2.38 bits per heavy atom. The standard InChI is InChI=1S/C13H12O3/c1-15-11-7-8-12(14)13(9-11)16-10-5-3-2-4-6-10/h2-9,14H,1H3. The SMILES string of the molecule is COc1ccc(O)c(Oc2ccccc2)c1. The van der Waals surface area contributed by atoms with Crippen molar-refractivity contribution in [3.63, 3.8) is 0 Å². The summed E-state index contributed by atoms with van der Waals surface area (Å²) in [5, 5.41) is 9.61.